The number of halogens is 2. The van der Waals surface area contributed by atoms with Gasteiger partial charge in [0, 0.05) is 42.0 Å². The number of pyridine rings is 1. The van der Waals surface area contributed by atoms with Crippen LogP contribution < -0.4 is 21.5 Å². The van der Waals surface area contributed by atoms with Gasteiger partial charge in [-0.25, -0.2) is 20.3 Å². The van der Waals surface area contributed by atoms with E-state index < -0.39 is 11.9 Å². The zero-order valence-corrected chi connectivity index (χ0v) is 18.0. The molecule has 0 atom stereocenters. The molecule has 0 saturated carbocycles. The minimum absolute atomic E-state index is 0.0187. The van der Waals surface area contributed by atoms with Gasteiger partial charge in [0.1, 0.15) is 15.7 Å². The molecule has 0 aliphatic carbocycles. The van der Waals surface area contributed by atoms with Crippen LogP contribution in [0.1, 0.15) is 29.4 Å². The summed E-state index contributed by atoms with van der Waals surface area (Å²) in [6.45, 7) is 3.43. The second-order valence-corrected chi connectivity index (χ2v) is 8.04. The van der Waals surface area contributed by atoms with Crippen molar-refractivity contribution in [3.63, 3.8) is 0 Å². The number of nitrogens with zero attached hydrogens (tertiary/aromatic N) is 2. The Hall–Kier alpha value is -2.31. The number of hydrogen-bond donors (Lipinski definition) is 4. The fourth-order valence-electron chi connectivity index (χ4n) is 2.74. The number of amides is 3. The van der Waals surface area contributed by atoms with Gasteiger partial charge in [-0.15, -0.1) is 15.8 Å². The quantitative estimate of drug-likeness (QED) is 0.465. The Morgan fingerprint density at radius 1 is 1.38 bits per heavy atom. The molecule has 0 bridgehead atoms. The Bertz CT molecular complexity index is 890. The Morgan fingerprint density at radius 3 is 2.83 bits per heavy atom. The van der Waals surface area contributed by atoms with Gasteiger partial charge < -0.3 is 15.4 Å². The van der Waals surface area contributed by atoms with Gasteiger partial charge in [0.05, 0.1) is 0 Å². The molecule has 1 aliphatic heterocycles. The summed E-state index contributed by atoms with van der Waals surface area (Å²) in [7, 11) is 0. The van der Waals surface area contributed by atoms with Crippen molar-refractivity contribution in [3.05, 3.63) is 21.6 Å². The Morgan fingerprint density at radius 2 is 2.14 bits per heavy atom. The lowest BCUT2D eigenvalue weighted by molar-refractivity contribution is 0.0698. The fraction of sp³-hybridized carbons (Fsp3) is 0.412. The zero-order chi connectivity index (χ0) is 20.8. The van der Waals surface area contributed by atoms with Gasteiger partial charge in [0.2, 0.25) is 0 Å². The third-order valence-electron chi connectivity index (χ3n) is 4.14. The standard InChI is InChI=1S/C17H20BrFN6O3S/c1-2-20-17(27)23-12-7-10(11(18)8-21-12)16-24-14(25-19)13(29-16)15(26)22-9-3-5-28-6-4-9/h7-9,25H,2-6H2,1H3,(H,22,26)(H2,20,21,23,27). The molecule has 0 aromatic carbocycles. The molecule has 2 aromatic heterocycles. The van der Waals surface area contributed by atoms with Crippen molar-refractivity contribution in [1.29, 1.82) is 0 Å². The van der Waals surface area contributed by atoms with Crippen molar-refractivity contribution in [2.24, 2.45) is 0 Å². The number of hydrogen-bond acceptors (Lipinski definition) is 7. The van der Waals surface area contributed by atoms with Crippen molar-refractivity contribution in [2.75, 3.05) is 30.6 Å². The second kappa shape index (κ2) is 9.94. The van der Waals surface area contributed by atoms with E-state index >= 15 is 0 Å². The zero-order valence-electron chi connectivity index (χ0n) is 15.6. The Kier molecular flexibility index (Phi) is 7.34. The van der Waals surface area contributed by atoms with Crippen LogP contribution in [-0.2, 0) is 4.74 Å². The lowest BCUT2D eigenvalue weighted by Crippen LogP contribution is -2.38. The highest BCUT2D eigenvalue weighted by Crippen LogP contribution is 2.36. The number of aromatic nitrogens is 2. The molecule has 29 heavy (non-hydrogen) atoms. The highest BCUT2D eigenvalue weighted by molar-refractivity contribution is 9.10. The number of rotatable bonds is 6. The summed E-state index contributed by atoms with van der Waals surface area (Å²) in [4.78, 5) is 32.8. The predicted molar refractivity (Wildman–Crippen MR) is 112 cm³/mol. The first-order valence-corrected chi connectivity index (χ1v) is 10.6. The van der Waals surface area contributed by atoms with Crippen molar-refractivity contribution in [1.82, 2.24) is 20.6 Å². The summed E-state index contributed by atoms with van der Waals surface area (Å²) in [5.41, 5.74) is 2.06. The minimum Gasteiger partial charge on any atom is -0.381 e. The number of nitrogens with one attached hydrogen (secondary N) is 4. The molecule has 1 saturated heterocycles. The molecular formula is C17H20BrFN6O3S. The third-order valence-corrected chi connectivity index (χ3v) is 5.86. The maximum absolute atomic E-state index is 13.3. The van der Waals surface area contributed by atoms with Gasteiger partial charge in [-0.05, 0) is 41.8 Å². The van der Waals surface area contributed by atoms with Crippen LogP contribution in [0.2, 0.25) is 0 Å². The molecule has 2 aromatic rings. The van der Waals surface area contributed by atoms with E-state index in [0.717, 1.165) is 11.3 Å². The number of anilines is 2. The lowest BCUT2D eigenvalue weighted by Gasteiger charge is -2.22. The largest absolute Gasteiger partial charge is 0.381 e. The van der Waals surface area contributed by atoms with Crippen LogP contribution in [0.4, 0.5) is 20.9 Å². The third kappa shape index (κ3) is 5.40. The normalized spacial score (nSPS) is 14.3. The minimum atomic E-state index is -0.397. The van der Waals surface area contributed by atoms with Crippen molar-refractivity contribution >= 4 is 50.8 Å². The summed E-state index contributed by atoms with van der Waals surface area (Å²) in [5.74, 6) is -0.254. The van der Waals surface area contributed by atoms with E-state index in [-0.39, 0.29) is 16.7 Å². The summed E-state index contributed by atoms with van der Waals surface area (Å²) < 4.78 is 19.2. The van der Waals surface area contributed by atoms with E-state index in [1.807, 2.05) is 0 Å². The van der Waals surface area contributed by atoms with Crippen LogP contribution in [0.15, 0.2) is 16.7 Å². The van der Waals surface area contributed by atoms with Crippen LogP contribution in [0, 0.1) is 0 Å². The summed E-state index contributed by atoms with van der Waals surface area (Å²) >= 11 is 4.43. The first kappa shape index (κ1) is 21.4. The number of carbonyl (C=O) groups is 2. The number of urea groups is 1. The lowest BCUT2D eigenvalue weighted by atomic mass is 10.1. The van der Waals surface area contributed by atoms with Crippen LogP contribution in [-0.4, -0.2) is 47.7 Å². The topological polar surface area (TPSA) is 117 Å². The van der Waals surface area contributed by atoms with Gasteiger partial charge in [-0.3, -0.25) is 10.1 Å². The van der Waals surface area contributed by atoms with E-state index in [2.05, 4.69) is 41.8 Å². The Labute approximate surface area is 178 Å². The Balaban J connectivity index is 1.83. The van der Waals surface area contributed by atoms with E-state index in [9.17, 15) is 14.1 Å². The number of ether oxygens (including phenoxy) is 1. The summed E-state index contributed by atoms with van der Waals surface area (Å²) in [6.07, 6.45) is 2.92. The smallest absolute Gasteiger partial charge is 0.320 e. The molecule has 0 spiro atoms. The van der Waals surface area contributed by atoms with E-state index in [4.69, 9.17) is 4.74 Å². The van der Waals surface area contributed by atoms with Gasteiger partial charge in [-0.2, -0.15) is 0 Å². The average Bonchev–Trinajstić information content (AvgIpc) is 3.15. The molecule has 1 fully saturated rings. The molecule has 3 amide bonds. The molecule has 12 heteroatoms. The second-order valence-electron chi connectivity index (χ2n) is 6.19. The molecule has 0 unspecified atom stereocenters. The number of thiazole rings is 1. The molecule has 156 valence electrons. The van der Waals surface area contributed by atoms with Crippen LogP contribution in [0.25, 0.3) is 10.6 Å². The maximum atomic E-state index is 13.3. The van der Waals surface area contributed by atoms with E-state index in [1.54, 1.807) is 13.0 Å². The van der Waals surface area contributed by atoms with E-state index in [0.29, 0.717) is 53.5 Å². The van der Waals surface area contributed by atoms with Gasteiger partial charge in [-0.1, -0.05) is 0 Å². The maximum Gasteiger partial charge on any atom is 0.320 e. The summed E-state index contributed by atoms with van der Waals surface area (Å²) in [5, 5.41) is 8.51. The van der Waals surface area contributed by atoms with Crippen molar-refractivity contribution in [2.45, 2.75) is 25.8 Å². The highest BCUT2D eigenvalue weighted by atomic mass is 79.9. The molecule has 0 radical (unpaired) electrons. The molecular weight excluding hydrogens is 467 g/mol. The van der Waals surface area contributed by atoms with E-state index in [1.165, 1.54) is 11.7 Å². The van der Waals surface area contributed by atoms with Gasteiger partial charge >= 0.3 is 6.03 Å². The SMILES string of the molecule is CCNC(=O)Nc1cc(-c2nc(NF)c(C(=O)NC3CCOCC3)s2)c(Br)cn1. The van der Waals surface area contributed by atoms with Crippen molar-refractivity contribution < 1.29 is 18.8 Å². The molecule has 3 heterocycles. The first-order chi connectivity index (χ1) is 14.0. The average molecular weight is 487 g/mol. The first-order valence-electron chi connectivity index (χ1n) is 8.98. The van der Waals surface area contributed by atoms with Crippen LogP contribution >= 0.6 is 27.3 Å². The molecule has 9 nitrogen and oxygen atoms in total. The monoisotopic (exact) mass is 486 g/mol. The van der Waals surface area contributed by atoms with Crippen LogP contribution in [0.3, 0.4) is 0 Å². The highest BCUT2D eigenvalue weighted by Gasteiger charge is 2.24. The van der Waals surface area contributed by atoms with Crippen LogP contribution in [0.5, 0.6) is 0 Å². The van der Waals surface area contributed by atoms with Gasteiger partial charge in [0.25, 0.3) is 5.91 Å². The van der Waals surface area contributed by atoms with Gasteiger partial charge in [0.15, 0.2) is 5.82 Å². The molecule has 3 rings (SSSR count). The fourth-order valence-corrected chi connectivity index (χ4v) is 4.22. The summed E-state index contributed by atoms with van der Waals surface area (Å²) in [6, 6.07) is 1.19. The molecule has 1 aliphatic rings. The number of carbonyl (C=O) groups excluding carboxylic acids is 2. The molecule has 4 N–H and O–H groups in total. The van der Waals surface area contributed by atoms with Crippen molar-refractivity contribution in [3.8, 4) is 10.6 Å². The predicted octanol–water partition coefficient (Wildman–Crippen LogP) is 3.31.